The van der Waals surface area contributed by atoms with E-state index in [-0.39, 0.29) is 58.9 Å². The fourth-order valence-electron chi connectivity index (χ4n) is 7.37. The molecule has 252 valence electrons. The maximum Gasteiger partial charge on any atom is 0.264 e. The molecule has 1 aromatic heterocycles. The Kier molecular flexibility index (Phi) is 9.10. The predicted molar refractivity (Wildman–Crippen MR) is 182 cm³/mol. The van der Waals surface area contributed by atoms with Crippen molar-refractivity contribution in [2.24, 2.45) is 5.41 Å². The Morgan fingerprint density at radius 3 is 2.26 bits per heavy atom. The number of nitrogens with zero attached hydrogens (tertiary/aromatic N) is 4. The van der Waals surface area contributed by atoms with Crippen molar-refractivity contribution in [3.05, 3.63) is 65.2 Å². The number of amides is 1. The highest BCUT2D eigenvalue weighted by Crippen LogP contribution is 2.37. The number of carbonyl (C=O) groups is 1. The largest absolute Gasteiger partial charge is 0.475 e. The van der Waals surface area contributed by atoms with Crippen LogP contribution in [0, 0.1) is 19.3 Å². The molecule has 2 fully saturated rings. The summed E-state index contributed by atoms with van der Waals surface area (Å²) in [6, 6.07) is 14.0. The Bertz CT molecular complexity index is 1720. The highest BCUT2D eigenvalue weighted by Gasteiger charge is 2.44. The second-order valence-electron chi connectivity index (χ2n) is 14.7. The minimum atomic E-state index is -4.13. The minimum absolute atomic E-state index is 0.0217. The SMILES string of the molecule is Cc1cccc(C)c1-c1cc2nc(n1)NS(=O)(=O)c1cccc(c1)C(=O)N(C1CC(N3C[C@@H](C)O[C@@H](C)C3)C1)[C@H](CC(C)(C)C)CO2. The van der Waals surface area contributed by atoms with Crippen molar-refractivity contribution < 1.29 is 22.7 Å². The van der Waals surface area contributed by atoms with Crippen LogP contribution >= 0.6 is 0 Å². The van der Waals surface area contributed by atoms with E-state index < -0.39 is 10.0 Å². The zero-order valence-electron chi connectivity index (χ0n) is 28.5. The highest BCUT2D eigenvalue weighted by molar-refractivity contribution is 7.92. The molecule has 1 saturated heterocycles. The molecule has 1 saturated carbocycles. The Morgan fingerprint density at radius 2 is 1.60 bits per heavy atom. The van der Waals surface area contributed by atoms with Gasteiger partial charge in [-0.25, -0.2) is 18.1 Å². The van der Waals surface area contributed by atoms with E-state index in [0.29, 0.717) is 23.7 Å². The number of anilines is 1. The molecule has 3 aliphatic rings. The second-order valence-corrected chi connectivity index (χ2v) is 16.4. The molecule has 1 N–H and O–H groups in total. The van der Waals surface area contributed by atoms with E-state index >= 15 is 0 Å². The van der Waals surface area contributed by atoms with E-state index in [0.717, 1.165) is 42.6 Å². The molecule has 1 aliphatic carbocycles. The average molecular weight is 662 g/mol. The van der Waals surface area contributed by atoms with E-state index in [1.54, 1.807) is 18.2 Å². The van der Waals surface area contributed by atoms with Gasteiger partial charge in [0.25, 0.3) is 15.9 Å². The van der Waals surface area contributed by atoms with Crippen molar-refractivity contribution in [1.82, 2.24) is 19.8 Å². The molecule has 0 unspecified atom stereocenters. The first kappa shape index (κ1) is 33.4. The number of aromatic nitrogens is 2. The fraction of sp³-hybridized carbons (Fsp3) is 0.528. The predicted octanol–water partition coefficient (Wildman–Crippen LogP) is 5.84. The van der Waals surface area contributed by atoms with Crippen LogP contribution in [0.4, 0.5) is 5.95 Å². The first-order valence-corrected chi connectivity index (χ1v) is 18.1. The quantitative estimate of drug-likeness (QED) is 0.371. The zero-order valence-corrected chi connectivity index (χ0v) is 29.3. The molecule has 3 atom stereocenters. The van der Waals surface area contributed by atoms with Crippen molar-refractivity contribution in [2.45, 2.75) is 103 Å². The average Bonchev–Trinajstić information content (AvgIpc) is 2.95. The van der Waals surface area contributed by atoms with Gasteiger partial charge < -0.3 is 14.4 Å². The summed E-state index contributed by atoms with van der Waals surface area (Å²) in [4.78, 5) is 28.1. The standard InChI is InChI=1S/C36H47N5O5S/c1-22-10-8-11-23(2)33(22)31-17-32-38-35(37-31)39-47(43,44)30-13-9-12-26(14-30)34(42)41(29(21-45-32)18-36(5,6)7)28-15-27(16-28)40-19-24(3)46-25(4)20-40/h8-14,17,24-25,27-29H,15-16,18-21H2,1-7H3,(H,37,38,39)/t24-,25+,27?,28?,29-/m1/s1. The van der Waals surface area contributed by atoms with Gasteiger partial charge in [-0.3, -0.25) is 9.69 Å². The topological polar surface area (TPSA) is 114 Å². The lowest BCUT2D eigenvalue weighted by atomic mass is 9.80. The van der Waals surface area contributed by atoms with Gasteiger partial charge in [0.2, 0.25) is 11.8 Å². The number of nitrogens with one attached hydrogen (secondary N) is 1. The van der Waals surface area contributed by atoms with Gasteiger partial charge in [0.1, 0.15) is 6.61 Å². The van der Waals surface area contributed by atoms with E-state index in [1.807, 2.05) is 36.9 Å². The third kappa shape index (κ3) is 7.32. The number of hydrogen-bond donors (Lipinski definition) is 1. The van der Waals surface area contributed by atoms with Crippen LogP contribution in [0.3, 0.4) is 0 Å². The summed E-state index contributed by atoms with van der Waals surface area (Å²) in [5, 5.41) is 0. The summed E-state index contributed by atoms with van der Waals surface area (Å²) in [7, 11) is -4.13. The van der Waals surface area contributed by atoms with Crippen molar-refractivity contribution >= 4 is 21.9 Å². The van der Waals surface area contributed by atoms with Crippen LogP contribution in [0.5, 0.6) is 5.88 Å². The molecule has 0 spiro atoms. The van der Waals surface area contributed by atoms with Crippen LogP contribution in [-0.4, -0.2) is 84.1 Å². The number of carbonyl (C=O) groups excluding carboxylic acids is 1. The number of morpholine rings is 1. The Balaban J connectivity index is 1.42. The van der Waals surface area contributed by atoms with Crippen LogP contribution in [0.1, 0.15) is 75.4 Å². The van der Waals surface area contributed by atoms with Gasteiger partial charge in [0, 0.05) is 42.4 Å². The van der Waals surface area contributed by atoms with Crippen LogP contribution in [-0.2, 0) is 14.8 Å². The summed E-state index contributed by atoms with van der Waals surface area (Å²) in [5.41, 5.74) is 3.66. The molecular weight excluding hydrogens is 614 g/mol. The highest BCUT2D eigenvalue weighted by atomic mass is 32.2. The van der Waals surface area contributed by atoms with Crippen molar-refractivity contribution in [3.8, 4) is 17.1 Å². The summed E-state index contributed by atoms with van der Waals surface area (Å²) in [6.07, 6.45) is 2.68. The van der Waals surface area contributed by atoms with E-state index in [4.69, 9.17) is 9.47 Å². The number of ether oxygens (including phenoxy) is 2. The molecular formula is C36H47N5O5S. The minimum Gasteiger partial charge on any atom is -0.475 e. The lowest BCUT2D eigenvalue weighted by Gasteiger charge is -2.52. The monoisotopic (exact) mass is 661 g/mol. The lowest BCUT2D eigenvalue weighted by molar-refractivity contribution is -0.101. The zero-order chi connectivity index (χ0) is 33.7. The smallest absolute Gasteiger partial charge is 0.264 e. The van der Waals surface area contributed by atoms with E-state index in [9.17, 15) is 13.2 Å². The van der Waals surface area contributed by atoms with E-state index in [1.165, 1.54) is 12.1 Å². The maximum absolute atomic E-state index is 14.5. The van der Waals surface area contributed by atoms with Crippen LogP contribution in [0.25, 0.3) is 11.3 Å². The summed E-state index contributed by atoms with van der Waals surface area (Å²) < 4.78 is 42.4. The maximum atomic E-state index is 14.5. The van der Waals surface area contributed by atoms with Gasteiger partial charge in [-0.1, -0.05) is 45.0 Å². The molecule has 47 heavy (non-hydrogen) atoms. The van der Waals surface area contributed by atoms with Gasteiger partial charge >= 0.3 is 0 Å². The molecule has 4 bridgehead atoms. The first-order chi connectivity index (χ1) is 22.2. The van der Waals surface area contributed by atoms with E-state index in [2.05, 4.69) is 54.2 Å². The molecule has 0 radical (unpaired) electrons. The van der Waals surface area contributed by atoms with Crippen molar-refractivity contribution in [3.63, 3.8) is 0 Å². The molecule has 6 rings (SSSR count). The number of benzene rings is 2. The molecule has 2 aromatic carbocycles. The third-order valence-electron chi connectivity index (χ3n) is 9.40. The van der Waals surface area contributed by atoms with Crippen molar-refractivity contribution in [1.29, 1.82) is 0 Å². The summed E-state index contributed by atoms with van der Waals surface area (Å²) in [5.74, 6) is -0.0353. The third-order valence-corrected chi connectivity index (χ3v) is 10.7. The Labute approximate surface area is 278 Å². The van der Waals surface area contributed by atoms with Crippen LogP contribution in [0.15, 0.2) is 53.4 Å². The lowest BCUT2D eigenvalue weighted by Crippen LogP contribution is -2.62. The van der Waals surface area contributed by atoms with Crippen LogP contribution in [0.2, 0.25) is 0 Å². The molecule has 11 heteroatoms. The normalized spacial score (nSPS) is 26.6. The second kappa shape index (κ2) is 12.8. The molecule has 3 aromatic rings. The number of fused-ring (bicyclic) bond motifs is 4. The van der Waals surface area contributed by atoms with Gasteiger partial charge in [-0.05, 0) is 81.7 Å². The summed E-state index contributed by atoms with van der Waals surface area (Å²) >= 11 is 0. The number of aryl methyl sites for hydroxylation is 2. The number of sulfonamides is 1. The molecule has 2 aliphatic heterocycles. The van der Waals surface area contributed by atoms with Crippen LogP contribution < -0.4 is 9.46 Å². The fourth-order valence-corrected chi connectivity index (χ4v) is 8.36. The van der Waals surface area contributed by atoms with Gasteiger partial charge in [0.05, 0.1) is 28.8 Å². The molecule has 3 heterocycles. The van der Waals surface area contributed by atoms with Gasteiger partial charge in [0.15, 0.2) is 0 Å². The molecule has 10 nitrogen and oxygen atoms in total. The number of hydrogen-bond acceptors (Lipinski definition) is 8. The Hall–Kier alpha value is -3.54. The Morgan fingerprint density at radius 1 is 0.936 bits per heavy atom. The molecule has 1 amide bonds. The van der Waals surface area contributed by atoms with Crippen molar-refractivity contribution in [2.75, 3.05) is 24.4 Å². The number of rotatable bonds is 4. The van der Waals surface area contributed by atoms with Gasteiger partial charge in [-0.2, -0.15) is 4.98 Å². The first-order valence-electron chi connectivity index (χ1n) is 16.6. The summed E-state index contributed by atoms with van der Waals surface area (Å²) in [6.45, 7) is 16.6. The van der Waals surface area contributed by atoms with Gasteiger partial charge in [-0.15, -0.1) is 0 Å².